The lowest BCUT2D eigenvalue weighted by molar-refractivity contribution is 0.306. The summed E-state index contributed by atoms with van der Waals surface area (Å²) in [5.41, 5.74) is 8.36. The zero-order chi connectivity index (χ0) is 25.7. The Morgan fingerprint density at radius 3 is 2.11 bits per heavy atom. The summed E-state index contributed by atoms with van der Waals surface area (Å²) in [5, 5.41) is 2.56. The van der Waals surface area contributed by atoms with Crippen molar-refractivity contribution in [3.05, 3.63) is 124 Å². The van der Waals surface area contributed by atoms with E-state index in [0.29, 0.717) is 15.2 Å². The van der Waals surface area contributed by atoms with E-state index >= 15 is 0 Å². The molecule has 0 spiro atoms. The molecule has 0 aromatic heterocycles. The Bertz CT molecular complexity index is 1350. The number of nitrogens with zero attached hydrogens (tertiary/aromatic N) is 1. The maximum Gasteiger partial charge on any atom is 0.130 e. The topological polar surface area (TPSA) is 21.6 Å². The number of hydrogen-bond donors (Lipinski definition) is 0. The van der Waals surface area contributed by atoms with E-state index in [2.05, 4.69) is 113 Å². The first-order valence-electron chi connectivity index (χ1n) is 12.5. The van der Waals surface area contributed by atoms with Crippen molar-refractivity contribution in [3.8, 4) is 5.75 Å². The van der Waals surface area contributed by atoms with Crippen LogP contribution in [0.15, 0.2) is 96.0 Å². The number of aryl methyl sites for hydroxylation is 2. The van der Waals surface area contributed by atoms with Gasteiger partial charge >= 0.3 is 0 Å². The third-order valence-corrected chi connectivity index (χ3v) is 7.98. The van der Waals surface area contributed by atoms with Crippen LogP contribution in [-0.4, -0.2) is 12.8 Å². The summed E-state index contributed by atoms with van der Waals surface area (Å²) in [6, 6.07) is 32.0. The van der Waals surface area contributed by atoms with Crippen LogP contribution < -0.4 is 15.3 Å². The molecule has 0 N–H and O–H groups in total. The number of aliphatic imine (C=N–C) groups is 1. The van der Waals surface area contributed by atoms with Gasteiger partial charge < -0.3 is 4.74 Å². The number of ether oxygens (including phenoxy) is 1. The Morgan fingerprint density at radius 2 is 1.47 bits per heavy atom. The molecule has 0 aliphatic rings. The van der Waals surface area contributed by atoms with Crippen LogP contribution in [0.5, 0.6) is 5.75 Å². The molecule has 184 valence electrons. The summed E-state index contributed by atoms with van der Waals surface area (Å²) in [5.74, 6) is 0.995. The summed E-state index contributed by atoms with van der Waals surface area (Å²) in [6.45, 7) is 11.8. The van der Waals surface area contributed by atoms with Crippen LogP contribution in [0.1, 0.15) is 54.2 Å². The molecule has 0 aliphatic carbocycles. The maximum atomic E-state index is 6.52. The molecule has 0 saturated heterocycles. The third-order valence-electron chi connectivity index (χ3n) is 6.43. The molecule has 0 radical (unpaired) electrons. The fourth-order valence-corrected chi connectivity index (χ4v) is 5.88. The van der Waals surface area contributed by atoms with Gasteiger partial charge in [0.15, 0.2) is 0 Å². The van der Waals surface area contributed by atoms with Crippen molar-refractivity contribution in [1.29, 1.82) is 0 Å². The quantitative estimate of drug-likeness (QED) is 0.196. The predicted molar refractivity (Wildman–Crippen MR) is 157 cm³/mol. The highest BCUT2D eigenvalue weighted by Crippen LogP contribution is 2.32. The van der Waals surface area contributed by atoms with Gasteiger partial charge in [0.05, 0.1) is 5.71 Å². The number of benzene rings is 4. The van der Waals surface area contributed by atoms with Gasteiger partial charge in [-0.1, -0.05) is 114 Å². The first-order chi connectivity index (χ1) is 17.3. The van der Waals surface area contributed by atoms with Gasteiger partial charge in [-0.2, -0.15) is 0 Å². The molecule has 0 heterocycles. The summed E-state index contributed by atoms with van der Waals surface area (Å²) >= 11 is 0. The molecule has 1 atom stereocenters. The van der Waals surface area contributed by atoms with Crippen molar-refractivity contribution in [2.45, 2.75) is 46.6 Å². The van der Waals surface area contributed by atoms with Gasteiger partial charge in [0.25, 0.3) is 0 Å². The van der Waals surface area contributed by atoms with Crippen LogP contribution in [-0.2, 0) is 12.0 Å². The maximum absolute atomic E-state index is 6.52. The average Bonchev–Trinajstić information content (AvgIpc) is 2.86. The fourth-order valence-electron chi connectivity index (χ4n) is 4.39. The van der Waals surface area contributed by atoms with E-state index < -0.39 is 0 Å². The molecular weight excluding hydrogens is 457 g/mol. The van der Waals surface area contributed by atoms with Crippen molar-refractivity contribution in [1.82, 2.24) is 0 Å². The highest BCUT2D eigenvalue weighted by atomic mass is 31.1. The molecule has 36 heavy (non-hydrogen) atoms. The molecule has 0 saturated carbocycles. The van der Waals surface area contributed by atoms with Crippen LogP contribution in [0.2, 0.25) is 0 Å². The minimum atomic E-state index is 0.0522. The Labute approximate surface area is 218 Å². The molecule has 0 fully saturated rings. The highest BCUT2D eigenvalue weighted by Gasteiger charge is 2.21. The SMILES string of the molecule is CN=C(c1ccccc1)c1cccc(C)c1Pc1cc(C(C)(C)C)cc(C)c1OCc1ccccc1. The first-order valence-corrected chi connectivity index (χ1v) is 13.5. The largest absolute Gasteiger partial charge is 0.488 e. The van der Waals surface area contributed by atoms with E-state index in [4.69, 9.17) is 9.73 Å². The first kappa shape index (κ1) is 25.9. The fraction of sp³-hybridized carbons (Fsp3) is 0.242. The van der Waals surface area contributed by atoms with E-state index in [9.17, 15) is 0 Å². The predicted octanol–water partition coefficient (Wildman–Crippen LogP) is 7.28. The van der Waals surface area contributed by atoms with Gasteiger partial charge in [0.2, 0.25) is 0 Å². The van der Waals surface area contributed by atoms with E-state index in [-0.39, 0.29) is 5.41 Å². The monoisotopic (exact) mass is 493 g/mol. The number of hydrogen-bond acceptors (Lipinski definition) is 2. The summed E-state index contributed by atoms with van der Waals surface area (Å²) in [6.07, 6.45) is 0. The Balaban J connectivity index is 1.80. The second-order valence-electron chi connectivity index (χ2n) is 10.3. The van der Waals surface area contributed by atoms with Crippen LogP contribution in [0.3, 0.4) is 0 Å². The average molecular weight is 494 g/mol. The van der Waals surface area contributed by atoms with Crippen molar-refractivity contribution in [2.75, 3.05) is 7.05 Å². The van der Waals surface area contributed by atoms with Crippen LogP contribution in [0, 0.1) is 13.8 Å². The zero-order valence-electron chi connectivity index (χ0n) is 22.2. The van der Waals surface area contributed by atoms with Crippen LogP contribution in [0.25, 0.3) is 0 Å². The minimum Gasteiger partial charge on any atom is -0.488 e. The van der Waals surface area contributed by atoms with Crippen LogP contribution in [0.4, 0.5) is 0 Å². The molecule has 0 aliphatic heterocycles. The van der Waals surface area contributed by atoms with Gasteiger partial charge in [-0.15, -0.1) is 0 Å². The lowest BCUT2D eigenvalue weighted by atomic mass is 9.86. The second-order valence-corrected chi connectivity index (χ2v) is 11.5. The molecule has 4 aromatic rings. The third kappa shape index (κ3) is 5.94. The van der Waals surface area contributed by atoms with Crippen LogP contribution >= 0.6 is 8.58 Å². The van der Waals surface area contributed by atoms with E-state index in [1.807, 2.05) is 19.2 Å². The molecule has 1 unspecified atom stereocenters. The summed E-state index contributed by atoms with van der Waals surface area (Å²) < 4.78 is 6.52. The van der Waals surface area contributed by atoms with E-state index in [1.165, 1.54) is 38.4 Å². The molecule has 0 bridgehead atoms. The zero-order valence-corrected chi connectivity index (χ0v) is 23.2. The van der Waals surface area contributed by atoms with Gasteiger partial charge in [0.1, 0.15) is 12.4 Å². The van der Waals surface area contributed by atoms with Gasteiger partial charge in [-0.25, -0.2) is 0 Å². The van der Waals surface area contributed by atoms with Crippen molar-refractivity contribution in [2.24, 2.45) is 4.99 Å². The lowest BCUT2D eigenvalue weighted by Crippen LogP contribution is -2.21. The molecule has 0 amide bonds. The summed E-state index contributed by atoms with van der Waals surface area (Å²) in [7, 11) is 2.33. The minimum absolute atomic E-state index is 0.0522. The van der Waals surface area contributed by atoms with Gasteiger partial charge in [0, 0.05) is 23.5 Å². The van der Waals surface area contributed by atoms with Crippen molar-refractivity contribution in [3.63, 3.8) is 0 Å². The normalized spacial score (nSPS) is 12.3. The lowest BCUT2D eigenvalue weighted by Gasteiger charge is -2.24. The van der Waals surface area contributed by atoms with E-state index in [0.717, 1.165) is 17.0 Å². The molecular formula is C33H36NOP. The van der Waals surface area contributed by atoms with Gasteiger partial charge in [-0.3, -0.25) is 4.99 Å². The van der Waals surface area contributed by atoms with Crippen molar-refractivity contribution >= 4 is 24.9 Å². The number of rotatable bonds is 7. The van der Waals surface area contributed by atoms with E-state index in [1.54, 1.807) is 0 Å². The Morgan fingerprint density at radius 1 is 0.806 bits per heavy atom. The Kier molecular flexibility index (Phi) is 8.07. The summed E-state index contributed by atoms with van der Waals surface area (Å²) in [4.78, 5) is 4.73. The molecule has 3 heteroatoms. The van der Waals surface area contributed by atoms with Gasteiger partial charge in [-0.05, 0) is 52.9 Å². The standard InChI is InChI=1S/C33H36NOP/c1-23-14-13-19-28(30(34-6)26-17-11-8-12-18-26)32(23)36-29-21-27(33(3,4)5)20-24(2)31(29)35-22-25-15-9-7-10-16-25/h7-21,36H,22H2,1-6H3. The second kappa shape index (κ2) is 11.2. The smallest absolute Gasteiger partial charge is 0.130 e. The molecule has 2 nitrogen and oxygen atoms in total. The van der Waals surface area contributed by atoms with Crippen molar-refractivity contribution < 1.29 is 4.74 Å². The highest BCUT2D eigenvalue weighted by molar-refractivity contribution is 7.56. The molecule has 4 rings (SSSR count). The molecule has 4 aromatic carbocycles. The Hall–Kier alpha value is -3.22.